The van der Waals surface area contributed by atoms with Crippen molar-refractivity contribution in [2.24, 2.45) is 5.10 Å². The van der Waals surface area contributed by atoms with Crippen molar-refractivity contribution in [2.75, 3.05) is 7.11 Å². The SMILES string of the molecule is COc1cc(/C=N/NC(=O)c2ccoc2C)ccc1OCc1ccc(Cl)cc1Cl. The first-order valence-corrected chi connectivity index (χ1v) is 9.36. The number of nitrogens with zero attached hydrogens (tertiary/aromatic N) is 1. The summed E-state index contributed by atoms with van der Waals surface area (Å²) in [5, 5.41) is 5.06. The predicted octanol–water partition coefficient (Wildman–Crippen LogP) is 5.25. The zero-order chi connectivity index (χ0) is 20.8. The van der Waals surface area contributed by atoms with Crippen molar-refractivity contribution < 1.29 is 18.7 Å². The molecule has 0 atom stereocenters. The van der Waals surface area contributed by atoms with Gasteiger partial charge < -0.3 is 13.9 Å². The molecule has 0 aliphatic heterocycles. The van der Waals surface area contributed by atoms with Crippen LogP contribution in [0.25, 0.3) is 0 Å². The second kappa shape index (κ2) is 9.49. The average molecular weight is 433 g/mol. The Morgan fingerprint density at radius 3 is 2.69 bits per heavy atom. The minimum Gasteiger partial charge on any atom is -0.493 e. The molecule has 0 unspecified atom stereocenters. The minimum atomic E-state index is -0.348. The fraction of sp³-hybridized carbons (Fsp3) is 0.143. The van der Waals surface area contributed by atoms with Crippen LogP contribution >= 0.6 is 23.2 Å². The van der Waals surface area contributed by atoms with Crippen LogP contribution in [0.15, 0.2) is 58.2 Å². The second-order valence-corrected chi connectivity index (χ2v) is 6.87. The summed E-state index contributed by atoms with van der Waals surface area (Å²) in [4.78, 5) is 12.0. The van der Waals surface area contributed by atoms with Crippen LogP contribution in [0.5, 0.6) is 11.5 Å². The highest BCUT2D eigenvalue weighted by Crippen LogP contribution is 2.29. The maximum Gasteiger partial charge on any atom is 0.274 e. The van der Waals surface area contributed by atoms with Gasteiger partial charge in [0.15, 0.2) is 11.5 Å². The quantitative estimate of drug-likeness (QED) is 0.408. The summed E-state index contributed by atoms with van der Waals surface area (Å²) in [7, 11) is 1.54. The van der Waals surface area contributed by atoms with E-state index in [1.807, 2.05) is 6.07 Å². The maximum atomic E-state index is 12.0. The molecule has 0 radical (unpaired) electrons. The van der Waals surface area contributed by atoms with Crippen LogP contribution in [-0.2, 0) is 6.61 Å². The molecule has 150 valence electrons. The lowest BCUT2D eigenvalue weighted by molar-refractivity contribution is 0.0953. The van der Waals surface area contributed by atoms with E-state index in [-0.39, 0.29) is 12.5 Å². The first-order chi connectivity index (χ1) is 14.0. The van der Waals surface area contributed by atoms with Crippen molar-refractivity contribution in [1.29, 1.82) is 0 Å². The number of rotatable bonds is 7. The number of methoxy groups -OCH3 is 1. The third kappa shape index (κ3) is 5.31. The van der Waals surface area contributed by atoms with E-state index in [0.717, 1.165) is 11.1 Å². The normalized spacial score (nSPS) is 10.9. The zero-order valence-corrected chi connectivity index (χ0v) is 17.3. The molecule has 3 aromatic rings. The Bertz CT molecular complexity index is 1050. The van der Waals surface area contributed by atoms with Gasteiger partial charge in [0.25, 0.3) is 5.91 Å². The molecule has 0 fully saturated rings. The summed E-state index contributed by atoms with van der Waals surface area (Å²) in [6.07, 6.45) is 2.96. The van der Waals surface area contributed by atoms with E-state index >= 15 is 0 Å². The number of furan rings is 1. The average Bonchev–Trinajstić information content (AvgIpc) is 3.13. The van der Waals surface area contributed by atoms with Crippen LogP contribution in [0.3, 0.4) is 0 Å². The Labute approximate surface area is 178 Å². The molecule has 8 heteroatoms. The van der Waals surface area contributed by atoms with Crippen LogP contribution < -0.4 is 14.9 Å². The number of carbonyl (C=O) groups is 1. The standard InChI is InChI=1S/C21H18Cl2N2O4/c1-13-17(7-8-28-13)21(26)25-24-11-14-3-6-19(20(9-14)27-2)29-12-15-4-5-16(22)10-18(15)23/h3-11H,12H2,1-2H3,(H,25,26)/b24-11+. The molecule has 1 aromatic heterocycles. The van der Waals surface area contributed by atoms with E-state index in [1.165, 1.54) is 12.5 Å². The predicted molar refractivity (Wildman–Crippen MR) is 112 cm³/mol. The Hall–Kier alpha value is -2.96. The number of carbonyl (C=O) groups excluding carboxylic acids is 1. The van der Waals surface area contributed by atoms with Crippen molar-refractivity contribution in [3.63, 3.8) is 0 Å². The topological polar surface area (TPSA) is 73.1 Å². The number of benzene rings is 2. The zero-order valence-electron chi connectivity index (χ0n) is 15.7. The van der Waals surface area contributed by atoms with Crippen molar-refractivity contribution in [3.05, 3.63) is 81.2 Å². The van der Waals surface area contributed by atoms with Crippen LogP contribution in [0.2, 0.25) is 10.0 Å². The van der Waals surface area contributed by atoms with Crippen molar-refractivity contribution in [2.45, 2.75) is 13.5 Å². The molecule has 0 bridgehead atoms. The van der Waals surface area contributed by atoms with E-state index in [9.17, 15) is 4.79 Å². The van der Waals surface area contributed by atoms with Gasteiger partial charge in [-0.2, -0.15) is 5.10 Å². The highest BCUT2D eigenvalue weighted by atomic mass is 35.5. The summed E-state index contributed by atoms with van der Waals surface area (Å²) in [6.45, 7) is 1.97. The molecule has 1 heterocycles. The third-order valence-electron chi connectivity index (χ3n) is 4.07. The number of halogens is 2. The van der Waals surface area contributed by atoms with Gasteiger partial charge in [-0.25, -0.2) is 5.43 Å². The first kappa shape index (κ1) is 20.8. The van der Waals surface area contributed by atoms with E-state index in [2.05, 4.69) is 10.5 Å². The largest absolute Gasteiger partial charge is 0.493 e. The van der Waals surface area contributed by atoms with Gasteiger partial charge in [-0.1, -0.05) is 29.3 Å². The van der Waals surface area contributed by atoms with Gasteiger partial charge in [-0.3, -0.25) is 4.79 Å². The van der Waals surface area contributed by atoms with Crippen LogP contribution in [-0.4, -0.2) is 19.2 Å². The summed E-state index contributed by atoms with van der Waals surface area (Å²) in [5.41, 5.74) is 4.42. The number of ether oxygens (including phenoxy) is 2. The summed E-state index contributed by atoms with van der Waals surface area (Å²) >= 11 is 12.1. The smallest absolute Gasteiger partial charge is 0.274 e. The van der Waals surface area contributed by atoms with E-state index in [4.69, 9.17) is 37.1 Å². The van der Waals surface area contributed by atoms with Crippen molar-refractivity contribution >= 4 is 35.3 Å². The van der Waals surface area contributed by atoms with Gasteiger partial charge in [-0.05, 0) is 48.9 Å². The lowest BCUT2D eigenvalue weighted by Gasteiger charge is -2.12. The minimum absolute atomic E-state index is 0.264. The molecule has 29 heavy (non-hydrogen) atoms. The Balaban J connectivity index is 1.65. The van der Waals surface area contributed by atoms with Gasteiger partial charge in [-0.15, -0.1) is 0 Å². The number of hydrogen-bond donors (Lipinski definition) is 1. The first-order valence-electron chi connectivity index (χ1n) is 8.60. The van der Waals surface area contributed by atoms with Crippen LogP contribution in [0.1, 0.15) is 27.2 Å². The van der Waals surface area contributed by atoms with Gasteiger partial charge in [0.2, 0.25) is 0 Å². The lowest BCUT2D eigenvalue weighted by atomic mass is 10.2. The number of nitrogens with one attached hydrogen (secondary N) is 1. The van der Waals surface area contributed by atoms with E-state index in [0.29, 0.717) is 32.9 Å². The highest BCUT2D eigenvalue weighted by molar-refractivity contribution is 6.35. The second-order valence-electron chi connectivity index (χ2n) is 6.02. The number of hydrogen-bond acceptors (Lipinski definition) is 5. The molecule has 2 aromatic carbocycles. The maximum absolute atomic E-state index is 12.0. The molecule has 1 N–H and O–H groups in total. The van der Waals surface area contributed by atoms with Gasteiger partial charge >= 0.3 is 0 Å². The van der Waals surface area contributed by atoms with Crippen LogP contribution in [0.4, 0.5) is 0 Å². The monoisotopic (exact) mass is 432 g/mol. The van der Waals surface area contributed by atoms with E-state index in [1.54, 1.807) is 50.4 Å². The summed E-state index contributed by atoms with van der Waals surface area (Å²) in [6, 6.07) is 12.1. The third-order valence-corrected chi connectivity index (χ3v) is 4.66. The fourth-order valence-electron chi connectivity index (χ4n) is 2.52. The highest BCUT2D eigenvalue weighted by Gasteiger charge is 2.10. The Morgan fingerprint density at radius 2 is 2.00 bits per heavy atom. The molecule has 3 rings (SSSR count). The molecule has 0 spiro atoms. The lowest BCUT2D eigenvalue weighted by Crippen LogP contribution is -2.17. The van der Waals surface area contributed by atoms with Gasteiger partial charge in [0.05, 0.1) is 25.2 Å². The molecule has 0 saturated carbocycles. The molecular weight excluding hydrogens is 415 g/mol. The van der Waals surface area contributed by atoms with E-state index < -0.39 is 0 Å². The number of hydrazone groups is 1. The van der Waals surface area contributed by atoms with Crippen LogP contribution in [0, 0.1) is 6.92 Å². The van der Waals surface area contributed by atoms with Crippen molar-refractivity contribution in [1.82, 2.24) is 5.43 Å². The summed E-state index contributed by atoms with van der Waals surface area (Å²) in [5.74, 6) is 1.26. The molecule has 6 nitrogen and oxygen atoms in total. The van der Waals surface area contributed by atoms with Crippen molar-refractivity contribution in [3.8, 4) is 11.5 Å². The number of amides is 1. The van der Waals surface area contributed by atoms with Gasteiger partial charge in [0.1, 0.15) is 12.4 Å². The van der Waals surface area contributed by atoms with Gasteiger partial charge in [0, 0.05) is 15.6 Å². The molecule has 0 saturated heterocycles. The Morgan fingerprint density at radius 1 is 1.17 bits per heavy atom. The molecule has 1 amide bonds. The summed E-state index contributed by atoms with van der Waals surface area (Å²) < 4.78 is 16.3. The molecule has 0 aliphatic rings. The fourth-order valence-corrected chi connectivity index (χ4v) is 2.99. The Kier molecular flexibility index (Phi) is 6.80. The molecular formula is C21H18Cl2N2O4. The molecule has 0 aliphatic carbocycles. The number of aryl methyl sites for hydroxylation is 1.